The Morgan fingerprint density at radius 3 is 2.38 bits per heavy atom. The summed E-state index contributed by atoms with van der Waals surface area (Å²) in [4.78, 5) is 0. The van der Waals surface area contributed by atoms with Crippen molar-refractivity contribution < 1.29 is 24.0 Å². The number of hydrogen-bond acceptors (Lipinski definition) is 1. The molecule has 0 aromatic heterocycles. The monoisotopic (exact) mass is 212 g/mol. The Labute approximate surface area is 111 Å². The topological polar surface area (TPSA) is 20.2 Å². The first kappa shape index (κ1) is 15.6. The van der Waals surface area contributed by atoms with Crippen molar-refractivity contribution in [3.05, 3.63) is 29.3 Å². The molecule has 1 aromatic rings. The van der Waals surface area contributed by atoms with Crippen molar-refractivity contribution in [2.24, 2.45) is 0 Å². The maximum atomic E-state index is 9.80. The van der Waals surface area contributed by atoms with E-state index in [1.165, 1.54) is 24.8 Å². The van der Waals surface area contributed by atoms with Gasteiger partial charge in [0.2, 0.25) is 0 Å². The third-order valence-electron chi connectivity index (χ3n) is 2.73. The molecular weight excluding hydrogens is 191 g/mol. The zero-order chi connectivity index (χ0) is 11.1. The number of benzene rings is 1. The SMILES string of the molecule is CCCCc1[c-]ccc(O)c1CCCC.[Li+]. The molecule has 0 amide bonds. The number of rotatable bonds is 6. The second kappa shape index (κ2) is 8.73. The van der Waals surface area contributed by atoms with Crippen LogP contribution in [-0.4, -0.2) is 5.11 Å². The van der Waals surface area contributed by atoms with E-state index in [1.54, 1.807) is 6.07 Å². The Hall–Kier alpha value is -0.383. The molecule has 1 rings (SSSR count). The maximum Gasteiger partial charge on any atom is 1.00 e. The normalized spacial score (nSPS) is 9.88. The van der Waals surface area contributed by atoms with E-state index in [4.69, 9.17) is 0 Å². The van der Waals surface area contributed by atoms with Crippen LogP contribution in [0.1, 0.15) is 50.7 Å². The largest absolute Gasteiger partial charge is 1.00 e. The summed E-state index contributed by atoms with van der Waals surface area (Å²) < 4.78 is 0. The van der Waals surface area contributed by atoms with Crippen LogP contribution in [0.3, 0.4) is 0 Å². The van der Waals surface area contributed by atoms with E-state index in [0.717, 1.165) is 24.8 Å². The van der Waals surface area contributed by atoms with Gasteiger partial charge in [-0.25, -0.2) is 0 Å². The van der Waals surface area contributed by atoms with E-state index in [1.807, 2.05) is 6.07 Å². The summed E-state index contributed by atoms with van der Waals surface area (Å²) in [6, 6.07) is 6.84. The van der Waals surface area contributed by atoms with Crippen molar-refractivity contribution in [3.63, 3.8) is 0 Å². The number of hydrogen-bond donors (Lipinski definition) is 1. The van der Waals surface area contributed by atoms with Gasteiger partial charge >= 0.3 is 18.9 Å². The van der Waals surface area contributed by atoms with Crippen molar-refractivity contribution in [2.45, 2.75) is 52.4 Å². The van der Waals surface area contributed by atoms with Crippen molar-refractivity contribution in [2.75, 3.05) is 0 Å². The molecular formula is C14H21LiO. The minimum Gasteiger partial charge on any atom is -0.533 e. The number of aromatic hydroxyl groups is 1. The fraction of sp³-hybridized carbons (Fsp3) is 0.571. The van der Waals surface area contributed by atoms with Gasteiger partial charge in [-0.2, -0.15) is 17.7 Å². The number of phenols is 1. The van der Waals surface area contributed by atoms with Crippen LogP contribution in [0.25, 0.3) is 0 Å². The summed E-state index contributed by atoms with van der Waals surface area (Å²) >= 11 is 0. The number of unbranched alkanes of at least 4 members (excludes halogenated alkanes) is 2. The van der Waals surface area contributed by atoms with Gasteiger partial charge in [0.1, 0.15) is 0 Å². The summed E-state index contributed by atoms with van der Waals surface area (Å²) in [6.45, 7) is 4.37. The van der Waals surface area contributed by atoms with Crippen LogP contribution in [0.4, 0.5) is 0 Å². The van der Waals surface area contributed by atoms with Crippen LogP contribution in [0.2, 0.25) is 0 Å². The van der Waals surface area contributed by atoms with E-state index in [2.05, 4.69) is 19.9 Å². The van der Waals surface area contributed by atoms with E-state index in [9.17, 15) is 5.11 Å². The minimum atomic E-state index is 0. The van der Waals surface area contributed by atoms with Gasteiger partial charge in [-0.3, -0.25) is 0 Å². The number of aryl methyl sites for hydroxylation is 1. The summed E-state index contributed by atoms with van der Waals surface area (Å²) in [7, 11) is 0. The first-order valence-corrected chi connectivity index (χ1v) is 6.01. The van der Waals surface area contributed by atoms with Gasteiger partial charge in [-0.05, 0) is 0 Å². The van der Waals surface area contributed by atoms with E-state index < -0.39 is 0 Å². The molecule has 2 heteroatoms. The predicted octanol–water partition coefficient (Wildman–Crippen LogP) is 0.882. The molecule has 0 aliphatic heterocycles. The fourth-order valence-corrected chi connectivity index (χ4v) is 1.77. The molecule has 0 saturated carbocycles. The summed E-state index contributed by atoms with van der Waals surface area (Å²) in [6.07, 6.45) is 6.71. The Morgan fingerprint density at radius 1 is 1.12 bits per heavy atom. The van der Waals surface area contributed by atoms with Crippen LogP contribution in [0, 0.1) is 6.07 Å². The molecule has 0 unspecified atom stereocenters. The van der Waals surface area contributed by atoms with Crippen LogP contribution in [-0.2, 0) is 12.8 Å². The average molecular weight is 212 g/mol. The Balaban J connectivity index is 0.00000225. The summed E-state index contributed by atoms with van der Waals surface area (Å²) in [5, 5.41) is 9.80. The standard InChI is InChI=1S/C14H21O.Li/c1-3-5-8-12-9-7-11-14(15)13(12)10-6-4-2;/h7,11,15H,3-6,8,10H2,1-2H3;/q-1;+1. The molecule has 0 heterocycles. The van der Waals surface area contributed by atoms with Crippen molar-refractivity contribution in [3.8, 4) is 5.75 Å². The second-order valence-electron chi connectivity index (χ2n) is 4.03. The molecule has 1 N–H and O–H groups in total. The molecule has 84 valence electrons. The second-order valence-corrected chi connectivity index (χ2v) is 4.03. The van der Waals surface area contributed by atoms with Gasteiger partial charge in [0.15, 0.2) is 0 Å². The van der Waals surface area contributed by atoms with Crippen molar-refractivity contribution in [1.82, 2.24) is 0 Å². The van der Waals surface area contributed by atoms with Gasteiger partial charge < -0.3 is 5.11 Å². The third-order valence-corrected chi connectivity index (χ3v) is 2.73. The average Bonchev–Trinajstić information content (AvgIpc) is 2.25. The van der Waals surface area contributed by atoms with Crippen LogP contribution >= 0.6 is 0 Å². The van der Waals surface area contributed by atoms with Crippen molar-refractivity contribution in [1.29, 1.82) is 0 Å². The fourth-order valence-electron chi connectivity index (χ4n) is 1.77. The molecule has 0 spiro atoms. The molecule has 0 fully saturated rings. The molecule has 1 nitrogen and oxygen atoms in total. The van der Waals surface area contributed by atoms with Crippen LogP contribution < -0.4 is 18.9 Å². The zero-order valence-corrected chi connectivity index (χ0v) is 10.8. The van der Waals surface area contributed by atoms with E-state index >= 15 is 0 Å². The zero-order valence-electron chi connectivity index (χ0n) is 10.8. The van der Waals surface area contributed by atoms with Gasteiger partial charge in [-0.1, -0.05) is 52.4 Å². The molecule has 1 aromatic carbocycles. The van der Waals surface area contributed by atoms with E-state index in [-0.39, 0.29) is 18.9 Å². The Kier molecular flexibility index (Phi) is 8.52. The maximum absolute atomic E-state index is 9.80. The molecule has 0 aliphatic carbocycles. The third kappa shape index (κ3) is 4.64. The summed E-state index contributed by atoms with van der Waals surface area (Å²) in [5.74, 6) is 0.452. The van der Waals surface area contributed by atoms with Gasteiger partial charge in [-0.15, -0.1) is 11.6 Å². The Bertz CT molecular complexity index is 297. The predicted molar refractivity (Wildman–Crippen MR) is 64.2 cm³/mol. The quantitative estimate of drug-likeness (QED) is 0.548. The molecule has 16 heavy (non-hydrogen) atoms. The smallest absolute Gasteiger partial charge is 0.533 e. The molecule has 0 atom stereocenters. The first-order chi connectivity index (χ1) is 7.29. The molecule has 0 aliphatic rings. The molecule has 0 saturated heterocycles. The minimum absolute atomic E-state index is 0. The molecule has 0 bridgehead atoms. The van der Waals surface area contributed by atoms with Crippen LogP contribution in [0.5, 0.6) is 5.75 Å². The molecule has 0 radical (unpaired) electrons. The van der Waals surface area contributed by atoms with Gasteiger partial charge in [0.05, 0.1) is 0 Å². The summed E-state index contributed by atoms with van der Waals surface area (Å²) in [5.41, 5.74) is 2.33. The van der Waals surface area contributed by atoms with Gasteiger partial charge in [0.25, 0.3) is 0 Å². The number of phenolic OH excluding ortho intramolecular Hbond substituents is 1. The Morgan fingerprint density at radius 2 is 1.75 bits per heavy atom. The van der Waals surface area contributed by atoms with Crippen LogP contribution in [0.15, 0.2) is 12.1 Å². The first-order valence-electron chi connectivity index (χ1n) is 6.01. The van der Waals surface area contributed by atoms with Gasteiger partial charge in [0, 0.05) is 5.75 Å². The van der Waals surface area contributed by atoms with Crippen molar-refractivity contribution >= 4 is 0 Å². The van der Waals surface area contributed by atoms with E-state index in [0.29, 0.717) is 5.75 Å².